The molecular weight excluding hydrogens is 300 g/mol. The van der Waals surface area contributed by atoms with Crippen molar-refractivity contribution in [1.29, 1.82) is 0 Å². The predicted molar refractivity (Wildman–Crippen MR) is 84.1 cm³/mol. The smallest absolute Gasteiger partial charge is 0.255 e. The molecule has 1 aliphatic heterocycles. The van der Waals surface area contributed by atoms with E-state index in [9.17, 15) is 4.79 Å². The van der Waals surface area contributed by atoms with Crippen LogP contribution in [0, 0.1) is 6.92 Å². The summed E-state index contributed by atoms with van der Waals surface area (Å²) in [5.41, 5.74) is 1.47. The molecule has 3 rings (SSSR count). The molecular formula is C15H20N4O2S. The predicted octanol–water partition coefficient (Wildman–Crippen LogP) is 2.18. The van der Waals surface area contributed by atoms with E-state index in [2.05, 4.69) is 15.4 Å². The van der Waals surface area contributed by atoms with Gasteiger partial charge in [0.15, 0.2) is 0 Å². The van der Waals surface area contributed by atoms with Gasteiger partial charge < -0.3 is 10.1 Å². The van der Waals surface area contributed by atoms with E-state index in [0.717, 1.165) is 28.6 Å². The zero-order chi connectivity index (χ0) is 15.7. The van der Waals surface area contributed by atoms with Gasteiger partial charge in [-0.15, -0.1) is 11.3 Å². The first kappa shape index (κ1) is 15.2. The fraction of sp³-hybridized carbons (Fsp3) is 0.533. The molecule has 118 valence electrons. The van der Waals surface area contributed by atoms with Crippen molar-refractivity contribution in [3.05, 3.63) is 33.5 Å². The number of carbonyl (C=O) groups excluding carboxylic acids is 1. The summed E-state index contributed by atoms with van der Waals surface area (Å²) >= 11 is 1.60. The molecule has 1 fully saturated rings. The summed E-state index contributed by atoms with van der Waals surface area (Å²) in [4.78, 5) is 18.1. The first-order valence-corrected chi connectivity index (χ1v) is 8.20. The molecule has 2 aromatic rings. The Morgan fingerprint density at radius 3 is 3.05 bits per heavy atom. The third kappa shape index (κ3) is 3.05. The normalized spacial score (nSPS) is 19.3. The largest absolute Gasteiger partial charge is 0.381 e. The highest BCUT2D eigenvalue weighted by Gasteiger charge is 2.27. The van der Waals surface area contributed by atoms with E-state index < -0.39 is 0 Å². The second kappa shape index (κ2) is 6.18. The molecule has 1 saturated heterocycles. The Hall–Kier alpha value is -1.73. The Bertz CT molecular complexity index is 673. The van der Waals surface area contributed by atoms with Gasteiger partial charge in [0.25, 0.3) is 5.91 Å². The van der Waals surface area contributed by atoms with Gasteiger partial charge in [-0.3, -0.25) is 9.48 Å². The molecule has 0 bridgehead atoms. The molecule has 1 amide bonds. The molecule has 7 heteroatoms. The van der Waals surface area contributed by atoms with Crippen LogP contribution >= 0.6 is 11.3 Å². The van der Waals surface area contributed by atoms with Crippen molar-refractivity contribution < 1.29 is 9.53 Å². The van der Waals surface area contributed by atoms with Gasteiger partial charge in [0.2, 0.25) is 0 Å². The quantitative estimate of drug-likeness (QED) is 0.937. The lowest BCUT2D eigenvalue weighted by Gasteiger charge is -2.12. The highest BCUT2D eigenvalue weighted by Crippen LogP contribution is 2.27. The van der Waals surface area contributed by atoms with Crippen molar-refractivity contribution >= 4 is 17.2 Å². The monoisotopic (exact) mass is 320 g/mol. The Kier molecular flexibility index (Phi) is 4.26. The number of carbonyl (C=O) groups is 1. The van der Waals surface area contributed by atoms with Crippen LogP contribution in [-0.2, 0) is 11.8 Å². The molecule has 0 aliphatic carbocycles. The average Bonchev–Trinajstić information content (AvgIpc) is 3.17. The molecule has 2 aromatic heterocycles. The lowest BCUT2D eigenvalue weighted by atomic mass is 10.0. The second-order valence-electron chi connectivity index (χ2n) is 5.67. The summed E-state index contributed by atoms with van der Waals surface area (Å²) in [5.74, 6) is 0.106. The number of amides is 1. The van der Waals surface area contributed by atoms with E-state index in [0.29, 0.717) is 12.2 Å². The van der Waals surface area contributed by atoms with Crippen LogP contribution in [0.25, 0.3) is 0 Å². The molecule has 3 heterocycles. The number of hydrogen-bond acceptors (Lipinski definition) is 5. The molecule has 6 nitrogen and oxygen atoms in total. The van der Waals surface area contributed by atoms with Gasteiger partial charge in [-0.25, -0.2) is 4.98 Å². The van der Waals surface area contributed by atoms with Crippen molar-refractivity contribution in [3.8, 4) is 0 Å². The fourth-order valence-corrected chi connectivity index (χ4v) is 3.42. The summed E-state index contributed by atoms with van der Waals surface area (Å²) in [6.45, 7) is 5.33. The Labute approximate surface area is 133 Å². The third-order valence-corrected chi connectivity index (χ3v) is 4.87. The maximum Gasteiger partial charge on any atom is 0.255 e. The minimum absolute atomic E-state index is 0.102. The van der Waals surface area contributed by atoms with E-state index in [1.54, 1.807) is 22.2 Å². The number of hydrogen-bond donors (Lipinski definition) is 1. The Balaban J connectivity index is 1.77. The minimum atomic E-state index is -0.112. The summed E-state index contributed by atoms with van der Waals surface area (Å²) in [5, 5.41) is 8.40. The summed E-state index contributed by atoms with van der Waals surface area (Å²) < 4.78 is 7.11. The lowest BCUT2D eigenvalue weighted by Crippen LogP contribution is -2.27. The van der Waals surface area contributed by atoms with Crippen LogP contribution in [0.3, 0.4) is 0 Å². The number of aromatic nitrogens is 3. The SMILES string of the molecule is Cc1cnc([C@@H](C)NC(=O)c2cn(C)nc2[C@@H]2CCOC2)s1. The van der Waals surface area contributed by atoms with Gasteiger partial charge in [-0.2, -0.15) is 5.10 Å². The summed E-state index contributed by atoms with van der Waals surface area (Å²) in [6, 6.07) is -0.112. The van der Waals surface area contributed by atoms with Gasteiger partial charge >= 0.3 is 0 Å². The van der Waals surface area contributed by atoms with E-state index in [1.165, 1.54) is 0 Å². The highest BCUT2D eigenvalue weighted by molar-refractivity contribution is 7.11. The number of ether oxygens (including phenoxy) is 1. The zero-order valence-corrected chi connectivity index (χ0v) is 13.8. The average molecular weight is 320 g/mol. The number of thiazole rings is 1. The molecule has 0 radical (unpaired) electrons. The van der Waals surface area contributed by atoms with E-state index in [-0.39, 0.29) is 17.9 Å². The maximum absolute atomic E-state index is 12.6. The first-order chi connectivity index (χ1) is 10.5. The Morgan fingerprint density at radius 1 is 1.59 bits per heavy atom. The van der Waals surface area contributed by atoms with Gasteiger partial charge in [0.1, 0.15) is 5.01 Å². The molecule has 0 unspecified atom stereocenters. The molecule has 0 aromatic carbocycles. The second-order valence-corrected chi connectivity index (χ2v) is 6.93. The summed E-state index contributed by atoms with van der Waals surface area (Å²) in [6.07, 6.45) is 4.52. The Morgan fingerprint density at radius 2 is 2.41 bits per heavy atom. The maximum atomic E-state index is 12.6. The van der Waals surface area contributed by atoms with E-state index in [4.69, 9.17) is 4.74 Å². The lowest BCUT2D eigenvalue weighted by molar-refractivity contribution is 0.0938. The molecule has 22 heavy (non-hydrogen) atoms. The zero-order valence-electron chi connectivity index (χ0n) is 13.0. The van der Waals surface area contributed by atoms with Crippen molar-refractivity contribution in [1.82, 2.24) is 20.1 Å². The van der Waals surface area contributed by atoms with Gasteiger partial charge in [-0.05, 0) is 20.3 Å². The minimum Gasteiger partial charge on any atom is -0.381 e. The third-order valence-electron chi connectivity index (χ3n) is 3.78. The van der Waals surface area contributed by atoms with E-state index >= 15 is 0 Å². The number of rotatable bonds is 4. The van der Waals surface area contributed by atoms with Crippen LogP contribution in [0.5, 0.6) is 0 Å². The van der Waals surface area contributed by atoms with Crippen LogP contribution in [0.15, 0.2) is 12.4 Å². The molecule has 2 atom stereocenters. The van der Waals surface area contributed by atoms with Crippen LogP contribution in [0.4, 0.5) is 0 Å². The number of nitrogens with zero attached hydrogens (tertiary/aromatic N) is 3. The van der Waals surface area contributed by atoms with Crippen molar-refractivity contribution in [3.63, 3.8) is 0 Å². The standard InChI is InChI=1S/C15H20N4O2S/c1-9-6-16-15(22-9)10(2)17-14(20)12-7-19(3)18-13(12)11-4-5-21-8-11/h6-7,10-11H,4-5,8H2,1-3H3,(H,17,20)/t10-,11-/m1/s1. The van der Waals surface area contributed by atoms with E-state index in [1.807, 2.05) is 27.1 Å². The summed E-state index contributed by atoms with van der Waals surface area (Å²) in [7, 11) is 1.84. The molecule has 0 spiro atoms. The van der Waals surface area contributed by atoms with Gasteiger partial charge in [0, 0.05) is 36.8 Å². The number of nitrogens with one attached hydrogen (secondary N) is 1. The van der Waals surface area contributed by atoms with Crippen molar-refractivity contribution in [2.45, 2.75) is 32.2 Å². The molecule has 1 N–H and O–H groups in total. The fourth-order valence-electron chi connectivity index (χ4n) is 2.64. The van der Waals surface area contributed by atoms with Crippen LogP contribution < -0.4 is 5.32 Å². The van der Waals surface area contributed by atoms with Gasteiger partial charge in [0.05, 0.1) is 23.9 Å². The van der Waals surface area contributed by atoms with Crippen LogP contribution in [-0.4, -0.2) is 33.9 Å². The van der Waals surface area contributed by atoms with Gasteiger partial charge in [-0.1, -0.05) is 0 Å². The van der Waals surface area contributed by atoms with Crippen molar-refractivity contribution in [2.75, 3.05) is 13.2 Å². The number of aryl methyl sites for hydroxylation is 2. The molecule has 0 saturated carbocycles. The molecule has 1 aliphatic rings. The van der Waals surface area contributed by atoms with Crippen molar-refractivity contribution in [2.24, 2.45) is 7.05 Å². The highest BCUT2D eigenvalue weighted by atomic mass is 32.1. The van der Waals surface area contributed by atoms with Crippen LogP contribution in [0.2, 0.25) is 0 Å². The van der Waals surface area contributed by atoms with Crippen LogP contribution in [0.1, 0.15) is 51.2 Å². The first-order valence-electron chi connectivity index (χ1n) is 7.39. The topological polar surface area (TPSA) is 69.0 Å².